The predicted molar refractivity (Wildman–Crippen MR) is 340 cm³/mol. The van der Waals surface area contributed by atoms with Crippen molar-refractivity contribution in [2.45, 2.75) is 46.0 Å². The molecule has 0 saturated heterocycles. The van der Waals surface area contributed by atoms with Crippen LogP contribution in [0.15, 0.2) is 166 Å². The molecule has 0 aliphatic carbocycles. The smallest absolute Gasteiger partial charge is 0.254 e. The Morgan fingerprint density at radius 2 is 1.09 bits per heavy atom. The van der Waals surface area contributed by atoms with Crippen LogP contribution < -0.4 is 19.9 Å². The van der Waals surface area contributed by atoms with Crippen LogP contribution in [0.25, 0.3) is 44.9 Å². The molecule has 0 aliphatic heterocycles. The number of nitrogens with one attached hydrogen (secondary N) is 1. The van der Waals surface area contributed by atoms with Crippen molar-refractivity contribution in [3.8, 4) is 29.0 Å². The Balaban J connectivity index is 0.000000176. The summed E-state index contributed by atoms with van der Waals surface area (Å²) in [4.78, 5) is 66.1. The number of methoxy groups -OCH3 is 3. The highest BCUT2D eigenvalue weighted by Gasteiger charge is 2.16. The number of hydrogen-bond donors (Lipinski definition) is 2. The molecule has 3 N–H and O–H groups in total. The number of nitrogens with zero attached hydrogens (tertiary/aromatic N) is 12. The van der Waals surface area contributed by atoms with Crippen molar-refractivity contribution in [1.82, 2.24) is 64.2 Å². The molecule has 23 heteroatoms. The molecule has 0 atom stereocenters. The Kier molecular flexibility index (Phi) is 24.2. The fourth-order valence-corrected chi connectivity index (χ4v) is 8.99. The van der Waals surface area contributed by atoms with E-state index in [1.54, 1.807) is 49.0 Å². The average Bonchev–Trinajstić information content (AvgIpc) is 2.45. The van der Waals surface area contributed by atoms with Crippen molar-refractivity contribution in [1.29, 1.82) is 0 Å². The molecule has 6 aromatic heterocycles. The number of H-pyrrole nitrogens is 1. The highest BCUT2D eigenvalue weighted by molar-refractivity contribution is 5.92. The van der Waals surface area contributed by atoms with E-state index in [2.05, 4.69) is 68.1 Å². The van der Waals surface area contributed by atoms with Gasteiger partial charge in [0.05, 0.1) is 55.0 Å². The van der Waals surface area contributed by atoms with Gasteiger partial charge in [-0.05, 0) is 101 Å². The molecular weight excluding hydrogens is 1150 g/mol. The first-order valence-corrected chi connectivity index (χ1v) is 28.5. The zero-order chi connectivity index (χ0) is 62.3. The molecule has 0 fully saturated rings. The van der Waals surface area contributed by atoms with Crippen LogP contribution in [-0.2, 0) is 62.3 Å². The molecular formula is C67H71FN14O8. The molecule has 0 unspecified atom stereocenters. The third-order valence-electron chi connectivity index (χ3n) is 13.5. The van der Waals surface area contributed by atoms with Gasteiger partial charge in [0.1, 0.15) is 78.5 Å². The molecule has 0 radical (unpaired) electrons. The van der Waals surface area contributed by atoms with Crippen LogP contribution in [0, 0.1) is 5.82 Å². The fraction of sp³-hybridized carbons (Fsp3) is 0.254. The van der Waals surface area contributed by atoms with E-state index in [4.69, 9.17) is 34.2 Å². The summed E-state index contributed by atoms with van der Waals surface area (Å²) in [5, 5.41) is 5.37. The normalized spacial score (nSPS) is 10.9. The van der Waals surface area contributed by atoms with Crippen molar-refractivity contribution in [2.24, 2.45) is 5.73 Å². The summed E-state index contributed by atoms with van der Waals surface area (Å²) in [5.74, 6) is 4.88. The standard InChI is InChI=1S/C25H23FN4O3.C24H23N5O3.C17H21N5O2.CH4/c1-3-19(31)12-18-6-9-22-23(13-18)30(16-28-22)25-21(26)15-27-24(29-25)14-17-4-7-20(8-5-17)33-11-10-32-2;1-3-20(30)12-18-4-7-19-15-27-29(22(19)13-18)24-26-16-25-23(28-24)14-17-5-8-21(9-6-17)32-11-10-31-2;1-23-8-9-24-13-4-2-12(3-5-13)10-16-19-11-14-17(22-16)21-15(20-14)6-7-18;/h3-9,13,15-16H,1,10-12,14H2,2H3;3-9,13,15-16H,1,10-12,14H2,2H3;2-5,11H,6-10,18H2,1H3,(H,19,20,21,22);1H4. The summed E-state index contributed by atoms with van der Waals surface area (Å²) in [6, 6.07) is 34.5. The van der Waals surface area contributed by atoms with E-state index >= 15 is 0 Å². The third-order valence-corrected chi connectivity index (χ3v) is 13.5. The van der Waals surface area contributed by atoms with E-state index in [0.717, 1.165) is 79.3 Å². The molecule has 11 rings (SSSR count). The summed E-state index contributed by atoms with van der Waals surface area (Å²) in [7, 11) is 4.92. The number of ketones is 2. The lowest BCUT2D eigenvalue weighted by molar-refractivity contribution is -0.114. The number of carbonyl (C=O) groups is 2. The Labute approximate surface area is 520 Å². The lowest BCUT2D eigenvalue weighted by atomic mass is 10.1. The highest BCUT2D eigenvalue weighted by Crippen LogP contribution is 2.24. The molecule has 90 heavy (non-hydrogen) atoms. The first kappa shape index (κ1) is 65.6. The number of imidazole rings is 2. The van der Waals surface area contributed by atoms with E-state index in [0.29, 0.717) is 106 Å². The molecule has 0 bridgehead atoms. The van der Waals surface area contributed by atoms with Crippen LogP contribution in [0.1, 0.15) is 58.5 Å². The van der Waals surface area contributed by atoms with Crippen molar-refractivity contribution in [2.75, 3.05) is 67.5 Å². The number of aromatic amines is 1. The Morgan fingerprint density at radius 3 is 1.63 bits per heavy atom. The van der Waals surface area contributed by atoms with E-state index in [1.807, 2.05) is 103 Å². The molecule has 0 amide bonds. The first-order chi connectivity index (χ1) is 43.5. The van der Waals surface area contributed by atoms with Crippen LogP contribution in [0.5, 0.6) is 17.2 Å². The van der Waals surface area contributed by atoms with Crippen molar-refractivity contribution >= 4 is 44.7 Å². The maximum absolute atomic E-state index is 14.7. The number of fused-ring (bicyclic) bond motifs is 3. The van der Waals surface area contributed by atoms with Crippen LogP contribution in [0.3, 0.4) is 0 Å². The second-order valence-electron chi connectivity index (χ2n) is 20.0. The molecule has 5 aromatic carbocycles. The van der Waals surface area contributed by atoms with Gasteiger partial charge in [0.25, 0.3) is 5.95 Å². The van der Waals surface area contributed by atoms with Gasteiger partial charge in [0.15, 0.2) is 28.8 Å². The minimum atomic E-state index is -0.562. The second kappa shape index (κ2) is 33.1. The second-order valence-corrected chi connectivity index (χ2v) is 20.0. The van der Waals surface area contributed by atoms with Gasteiger partial charge >= 0.3 is 0 Å². The summed E-state index contributed by atoms with van der Waals surface area (Å²) in [6.45, 7) is 10.8. The van der Waals surface area contributed by atoms with Gasteiger partial charge in [-0.1, -0.05) is 75.2 Å². The number of allylic oxidation sites excluding steroid dienone is 2. The fourth-order valence-electron chi connectivity index (χ4n) is 8.99. The molecule has 0 saturated carbocycles. The largest absolute Gasteiger partial charge is 0.491 e. The highest BCUT2D eigenvalue weighted by atomic mass is 19.1. The number of ether oxygens (including phenoxy) is 6. The van der Waals surface area contributed by atoms with E-state index in [1.165, 1.54) is 24.8 Å². The van der Waals surface area contributed by atoms with E-state index in [9.17, 15) is 14.0 Å². The van der Waals surface area contributed by atoms with Crippen LogP contribution in [0.2, 0.25) is 0 Å². The van der Waals surface area contributed by atoms with Crippen LogP contribution in [-0.4, -0.2) is 143 Å². The zero-order valence-electron chi connectivity index (χ0n) is 49.6. The summed E-state index contributed by atoms with van der Waals surface area (Å²) >= 11 is 0. The monoisotopic (exact) mass is 1220 g/mol. The number of carbonyl (C=O) groups excluding carboxylic acids is 2. The number of benzene rings is 5. The molecule has 11 aromatic rings. The maximum Gasteiger partial charge on any atom is 0.254 e. The Morgan fingerprint density at radius 1 is 0.578 bits per heavy atom. The summed E-state index contributed by atoms with van der Waals surface area (Å²) < 4.78 is 49.6. The molecule has 6 heterocycles. The van der Waals surface area contributed by atoms with Gasteiger partial charge in [0, 0.05) is 65.2 Å². The maximum atomic E-state index is 14.7. The van der Waals surface area contributed by atoms with Gasteiger partial charge in [-0.15, -0.1) is 0 Å². The van der Waals surface area contributed by atoms with Crippen molar-refractivity contribution in [3.63, 3.8) is 0 Å². The SMILES string of the molecule is C.C=CC(=O)Cc1ccc2cnn(-c3ncnc(Cc4ccc(OCCOC)cc4)n3)c2c1.C=CC(=O)Cc1ccc2ncn(-c3nc(Cc4ccc(OCCOC)cc4)ncc3F)c2c1.COCCOc1ccc(Cc2ncc3[nH]c(CCN)nc3n2)cc1. The first-order valence-electron chi connectivity index (χ1n) is 28.5. The summed E-state index contributed by atoms with van der Waals surface area (Å²) in [6.07, 6.45) is 13.1. The topological polar surface area (TPSA) is 270 Å². The third kappa shape index (κ3) is 18.4. The minimum absolute atomic E-state index is 0. The van der Waals surface area contributed by atoms with E-state index < -0.39 is 5.82 Å². The van der Waals surface area contributed by atoms with Crippen molar-refractivity contribution < 1.29 is 42.4 Å². The van der Waals surface area contributed by atoms with Crippen LogP contribution >= 0.6 is 0 Å². The van der Waals surface area contributed by atoms with Gasteiger partial charge in [0.2, 0.25) is 0 Å². The molecule has 0 spiro atoms. The number of aromatic nitrogens is 13. The number of hydrogen-bond acceptors (Lipinski definition) is 19. The van der Waals surface area contributed by atoms with Gasteiger partial charge in [-0.25, -0.2) is 39.3 Å². The van der Waals surface area contributed by atoms with Crippen molar-refractivity contribution in [3.05, 3.63) is 223 Å². The lowest BCUT2D eigenvalue weighted by Gasteiger charge is -2.09. The van der Waals surface area contributed by atoms with Crippen LogP contribution in [0.4, 0.5) is 4.39 Å². The number of halogens is 1. The average molecular weight is 1220 g/mol. The number of nitrogens with two attached hydrogens (primary N) is 1. The molecule has 464 valence electrons. The summed E-state index contributed by atoms with van der Waals surface area (Å²) in [5.41, 5.74) is 14.0. The zero-order valence-corrected chi connectivity index (χ0v) is 49.6. The minimum Gasteiger partial charge on any atom is -0.491 e. The number of rotatable bonds is 28. The van der Waals surface area contributed by atoms with Gasteiger partial charge in [-0.3, -0.25) is 14.2 Å². The lowest BCUT2D eigenvalue weighted by Crippen LogP contribution is -2.07. The van der Waals surface area contributed by atoms with E-state index in [-0.39, 0.29) is 37.7 Å². The quantitative estimate of drug-likeness (QED) is 0.0342. The van der Waals surface area contributed by atoms with Gasteiger partial charge in [-0.2, -0.15) is 19.7 Å². The predicted octanol–water partition coefficient (Wildman–Crippen LogP) is 9.10. The molecule has 0 aliphatic rings. The molecule has 22 nitrogen and oxygen atoms in total. The Hall–Kier alpha value is -10.3. The van der Waals surface area contributed by atoms with Gasteiger partial charge < -0.3 is 39.1 Å². The Bertz CT molecular complexity index is 4140.